The quantitative estimate of drug-likeness (QED) is 0.532. The average molecular weight is 268 g/mol. The van der Waals surface area contributed by atoms with Crippen LogP contribution in [0.3, 0.4) is 0 Å². The zero-order chi connectivity index (χ0) is 13.7. The van der Waals surface area contributed by atoms with Crippen LogP contribution in [0.5, 0.6) is 0 Å². The second-order valence-corrected chi connectivity index (χ2v) is 4.71. The zero-order valence-electron chi connectivity index (χ0n) is 10.7. The standard InChI is InChI=1S/C15H18F2O2/c1-2-8-18-10-13-14(15(13,16)17)11-19-9-12-6-4-3-5-7-12/h2-7,13-14H,1,8-11H2. The Morgan fingerprint density at radius 1 is 1.11 bits per heavy atom. The molecule has 1 aromatic rings. The maximum absolute atomic E-state index is 13.4. The summed E-state index contributed by atoms with van der Waals surface area (Å²) >= 11 is 0. The highest BCUT2D eigenvalue weighted by molar-refractivity contribution is 5.13. The Balaban J connectivity index is 1.70. The predicted octanol–water partition coefficient (Wildman–Crippen LogP) is 3.29. The fraction of sp³-hybridized carbons (Fsp3) is 0.467. The summed E-state index contributed by atoms with van der Waals surface area (Å²) in [6, 6.07) is 9.53. The minimum Gasteiger partial charge on any atom is -0.377 e. The summed E-state index contributed by atoms with van der Waals surface area (Å²) in [4.78, 5) is 0. The maximum atomic E-state index is 13.4. The Morgan fingerprint density at radius 3 is 2.37 bits per heavy atom. The summed E-state index contributed by atoms with van der Waals surface area (Å²) in [5, 5.41) is 0. The van der Waals surface area contributed by atoms with Gasteiger partial charge < -0.3 is 9.47 Å². The monoisotopic (exact) mass is 268 g/mol. The van der Waals surface area contributed by atoms with E-state index in [0.29, 0.717) is 13.2 Å². The van der Waals surface area contributed by atoms with Gasteiger partial charge in [0, 0.05) is 0 Å². The number of halogens is 2. The van der Waals surface area contributed by atoms with Gasteiger partial charge >= 0.3 is 0 Å². The molecule has 104 valence electrons. The van der Waals surface area contributed by atoms with Crippen molar-refractivity contribution in [2.24, 2.45) is 11.8 Å². The summed E-state index contributed by atoms with van der Waals surface area (Å²) in [6.07, 6.45) is 1.56. The molecule has 0 bridgehead atoms. The fourth-order valence-electron chi connectivity index (χ4n) is 2.07. The van der Waals surface area contributed by atoms with Gasteiger partial charge in [0.15, 0.2) is 0 Å². The first-order valence-electron chi connectivity index (χ1n) is 6.34. The van der Waals surface area contributed by atoms with Gasteiger partial charge in [0.25, 0.3) is 5.92 Å². The smallest absolute Gasteiger partial charge is 0.259 e. The third kappa shape index (κ3) is 3.61. The van der Waals surface area contributed by atoms with Crippen LogP contribution in [0.1, 0.15) is 5.56 Å². The molecule has 0 radical (unpaired) electrons. The summed E-state index contributed by atoms with van der Waals surface area (Å²) in [7, 11) is 0. The van der Waals surface area contributed by atoms with Crippen molar-refractivity contribution < 1.29 is 18.3 Å². The van der Waals surface area contributed by atoms with E-state index in [1.807, 2.05) is 30.3 Å². The van der Waals surface area contributed by atoms with Crippen LogP contribution in [0, 0.1) is 11.8 Å². The van der Waals surface area contributed by atoms with E-state index in [4.69, 9.17) is 9.47 Å². The third-order valence-corrected chi connectivity index (χ3v) is 3.31. The van der Waals surface area contributed by atoms with Crippen molar-refractivity contribution in [2.75, 3.05) is 19.8 Å². The second kappa shape index (κ2) is 6.26. The Morgan fingerprint density at radius 2 is 1.74 bits per heavy atom. The first-order valence-corrected chi connectivity index (χ1v) is 6.34. The molecule has 1 saturated carbocycles. The average Bonchev–Trinajstić information content (AvgIpc) is 2.92. The first-order chi connectivity index (χ1) is 9.16. The van der Waals surface area contributed by atoms with Crippen LogP contribution in [0.15, 0.2) is 43.0 Å². The highest BCUT2D eigenvalue weighted by Gasteiger charge is 2.67. The lowest BCUT2D eigenvalue weighted by molar-refractivity contribution is 0.0397. The zero-order valence-corrected chi connectivity index (χ0v) is 10.7. The fourth-order valence-corrected chi connectivity index (χ4v) is 2.07. The summed E-state index contributed by atoms with van der Waals surface area (Å²) in [6.45, 7) is 4.30. The molecule has 19 heavy (non-hydrogen) atoms. The molecule has 2 atom stereocenters. The third-order valence-electron chi connectivity index (χ3n) is 3.31. The number of benzene rings is 1. The van der Waals surface area contributed by atoms with Gasteiger partial charge in [-0.25, -0.2) is 8.78 Å². The molecule has 0 N–H and O–H groups in total. The molecule has 1 fully saturated rings. The van der Waals surface area contributed by atoms with Crippen LogP contribution >= 0.6 is 0 Å². The lowest BCUT2D eigenvalue weighted by Crippen LogP contribution is -2.03. The van der Waals surface area contributed by atoms with Crippen LogP contribution in [0.25, 0.3) is 0 Å². The van der Waals surface area contributed by atoms with Crippen molar-refractivity contribution in [3.63, 3.8) is 0 Å². The molecular formula is C15H18F2O2. The van der Waals surface area contributed by atoms with Gasteiger partial charge in [-0.15, -0.1) is 6.58 Å². The van der Waals surface area contributed by atoms with E-state index in [1.165, 1.54) is 0 Å². The molecule has 0 saturated heterocycles. The molecule has 1 aliphatic carbocycles. The van der Waals surface area contributed by atoms with Crippen molar-refractivity contribution in [3.8, 4) is 0 Å². The molecule has 0 heterocycles. The van der Waals surface area contributed by atoms with E-state index in [-0.39, 0.29) is 13.2 Å². The molecule has 2 nitrogen and oxygen atoms in total. The van der Waals surface area contributed by atoms with Gasteiger partial charge in [0.05, 0.1) is 38.3 Å². The van der Waals surface area contributed by atoms with E-state index >= 15 is 0 Å². The molecule has 1 aromatic carbocycles. The van der Waals surface area contributed by atoms with Crippen molar-refractivity contribution >= 4 is 0 Å². The number of hydrogen-bond acceptors (Lipinski definition) is 2. The van der Waals surface area contributed by atoms with Crippen LogP contribution < -0.4 is 0 Å². The van der Waals surface area contributed by atoms with Crippen molar-refractivity contribution in [2.45, 2.75) is 12.5 Å². The molecular weight excluding hydrogens is 250 g/mol. The van der Waals surface area contributed by atoms with E-state index in [9.17, 15) is 8.78 Å². The topological polar surface area (TPSA) is 18.5 Å². The largest absolute Gasteiger partial charge is 0.377 e. The Bertz CT molecular complexity index is 406. The van der Waals surface area contributed by atoms with Crippen LogP contribution in [0.2, 0.25) is 0 Å². The van der Waals surface area contributed by atoms with Gasteiger partial charge in [-0.05, 0) is 5.56 Å². The van der Waals surface area contributed by atoms with Crippen molar-refractivity contribution in [1.82, 2.24) is 0 Å². The van der Waals surface area contributed by atoms with E-state index in [2.05, 4.69) is 6.58 Å². The van der Waals surface area contributed by atoms with E-state index < -0.39 is 17.8 Å². The molecule has 0 aromatic heterocycles. The van der Waals surface area contributed by atoms with Gasteiger partial charge in [0.1, 0.15) is 0 Å². The summed E-state index contributed by atoms with van der Waals surface area (Å²) < 4.78 is 37.3. The van der Waals surface area contributed by atoms with Crippen LogP contribution in [-0.2, 0) is 16.1 Å². The highest BCUT2D eigenvalue weighted by atomic mass is 19.3. The summed E-state index contributed by atoms with van der Waals surface area (Å²) in [5.41, 5.74) is 0.992. The van der Waals surface area contributed by atoms with Gasteiger partial charge in [-0.3, -0.25) is 0 Å². The summed E-state index contributed by atoms with van der Waals surface area (Å²) in [5.74, 6) is -4.10. The molecule has 2 unspecified atom stereocenters. The molecule has 0 spiro atoms. The SMILES string of the molecule is C=CCOCC1C(COCc2ccccc2)C1(F)F. The van der Waals surface area contributed by atoms with Crippen molar-refractivity contribution in [1.29, 1.82) is 0 Å². The normalized spacial score (nSPS) is 24.1. The number of hydrogen-bond donors (Lipinski definition) is 0. The van der Waals surface area contributed by atoms with E-state index in [1.54, 1.807) is 6.08 Å². The second-order valence-electron chi connectivity index (χ2n) is 4.71. The van der Waals surface area contributed by atoms with E-state index in [0.717, 1.165) is 5.56 Å². The van der Waals surface area contributed by atoms with Crippen LogP contribution in [0.4, 0.5) is 8.78 Å². The predicted molar refractivity (Wildman–Crippen MR) is 69.0 cm³/mol. The van der Waals surface area contributed by atoms with Gasteiger partial charge in [-0.2, -0.15) is 0 Å². The van der Waals surface area contributed by atoms with Gasteiger partial charge in [-0.1, -0.05) is 36.4 Å². The van der Waals surface area contributed by atoms with Crippen molar-refractivity contribution in [3.05, 3.63) is 48.6 Å². The molecule has 2 rings (SSSR count). The Kier molecular flexibility index (Phi) is 4.66. The minimum atomic E-state index is -2.65. The number of alkyl halides is 2. The lowest BCUT2D eigenvalue weighted by Gasteiger charge is -2.03. The Hall–Kier alpha value is -1.26. The highest BCUT2D eigenvalue weighted by Crippen LogP contribution is 2.55. The van der Waals surface area contributed by atoms with Gasteiger partial charge in [0.2, 0.25) is 0 Å². The minimum absolute atomic E-state index is 0.0678. The molecule has 1 aliphatic rings. The lowest BCUT2D eigenvalue weighted by atomic mass is 10.2. The molecule has 4 heteroatoms. The Labute approximate surface area is 112 Å². The maximum Gasteiger partial charge on any atom is 0.259 e. The number of rotatable bonds is 8. The number of ether oxygens (including phenoxy) is 2. The first kappa shape index (κ1) is 14.2. The molecule has 0 amide bonds. The van der Waals surface area contributed by atoms with Crippen LogP contribution in [-0.4, -0.2) is 25.7 Å². The molecule has 0 aliphatic heterocycles.